The first-order valence-corrected chi connectivity index (χ1v) is 4.85. The first kappa shape index (κ1) is 8.54. The molecule has 0 radical (unpaired) electrons. The minimum absolute atomic E-state index is 0.165. The summed E-state index contributed by atoms with van der Waals surface area (Å²) in [5, 5.41) is 0. The summed E-state index contributed by atoms with van der Waals surface area (Å²) >= 11 is 0. The smallest absolute Gasteiger partial charge is 0.198 e. The lowest BCUT2D eigenvalue weighted by atomic mass is 9.81. The van der Waals surface area contributed by atoms with E-state index in [9.17, 15) is 4.79 Å². The number of Topliss-reactive ketones (excluding diaryl/α,β-unsaturated/α-hetero) is 1. The van der Waals surface area contributed by atoms with Crippen LogP contribution in [0.2, 0.25) is 0 Å². The number of ketones is 1. The molecule has 0 aliphatic heterocycles. The van der Waals surface area contributed by atoms with E-state index in [1.807, 2.05) is 13.0 Å². The highest BCUT2D eigenvalue weighted by molar-refractivity contribution is 5.93. The Hall–Kier alpha value is -1.05. The largest absolute Gasteiger partial charge is 0.458 e. The van der Waals surface area contributed by atoms with E-state index in [0.29, 0.717) is 18.1 Å². The number of furan rings is 1. The molecule has 1 aliphatic carbocycles. The van der Waals surface area contributed by atoms with Crippen molar-refractivity contribution < 1.29 is 9.21 Å². The third-order valence-corrected chi connectivity index (χ3v) is 2.71. The van der Waals surface area contributed by atoms with Crippen LogP contribution >= 0.6 is 0 Å². The topological polar surface area (TPSA) is 30.2 Å². The molecule has 1 aromatic heterocycles. The van der Waals surface area contributed by atoms with Gasteiger partial charge in [0.25, 0.3) is 0 Å². The molecule has 1 saturated carbocycles. The molecule has 70 valence electrons. The lowest BCUT2D eigenvalue weighted by molar-refractivity contribution is 0.0907. The van der Waals surface area contributed by atoms with Gasteiger partial charge < -0.3 is 4.42 Å². The fourth-order valence-electron chi connectivity index (χ4n) is 1.64. The van der Waals surface area contributed by atoms with Crippen molar-refractivity contribution in [3.05, 3.63) is 23.7 Å². The lowest BCUT2D eigenvalue weighted by Gasteiger charge is -2.23. The van der Waals surface area contributed by atoms with Gasteiger partial charge in [-0.3, -0.25) is 4.79 Å². The molecular weight excluding hydrogens is 164 g/mol. The van der Waals surface area contributed by atoms with Gasteiger partial charge in [0.2, 0.25) is 0 Å². The average Bonchev–Trinajstić information content (AvgIpc) is 2.44. The zero-order valence-corrected chi connectivity index (χ0v) is 7.88. The van der Waals surface area contributed by atoms with Crippen LogP contribution in [0.5, 0.6) is 0 Å². The molecule has 13 heavy (non-hydrogen) atoms. The fourth-order valence-corrected chi connectivity index (χ4v) is 1.64. The Morgan fingerprint density at radius 1 is 1.54 bits per heavy atom. The maximum Gasteiger partial charge on any atom is 0.198 e. The number of aryl methyl sites for hydroxylation is 1. The summed E-state index contributed by atoms with van der Waals surface area (Å²) in [6.07, 6.45) is 4.39. The molecule has 1 aliphatic rings. The monoisotopic (exact) mass is 178 g/mol. The van der Waals surface area contributed by atoms with Gasteiger partial charge in [0.15, 0.2) is 11.5 Å². The summed E-state index contributed by atoms with van der Waals surface area (Å²) in [5.41, 5.74) is 0. The lowest BCUT2D eigenvalue weighted by Crippen LogP contribution is -2.15. The van der Waals surface area contributed by atoms with Crippen molar-refractivity contribution in [2.24, 2.45) is 5.92 Å². The first-order chi connectivity index (χ1) is 6.25. The zero-order valence-electron chi connectivity index (χ0n) is 7.88. The summed E-state index contributed by atoms with van der Waals surface area (Å²) in [6, 6.07) is 3.62. The fraction of sp³-hybridized carbons (Fsp3) is 0.545. The molecule has 0 spiro atoms. The van der Waals surface area contributed by atoms with E-state index in [1.165, 1.54) is 19.3 Å². The molecule has 0 saturated heterocycles. The highest BCUT2D eigenvalue weighted by Gasteiger charge is 2.22. The molecule has 2 heteroatoms. The van der Waals surface area contributed by atoms with Gasteiger partial charge in [-0.2, -0.15) is 0 Å². The second-order valence-electron chi connectivity index (χ2n) is 3.83. The zero-order chi connectivity index (χ0) is 9.26. The van der Waals surface area contributed by atoms with Crippen LogP contribution < -0.4 is 0 Å². The maximum absolute atomic E-state index is 11.6. The van der Waals surface area contributed by atoms with Gasteiger partial charge in [-0.05, 0) is 37.8 Å². The van der Waals surface area contributed by atoms with E-state index >= 15 is 0 Å². The minimum Gasteiger partial charge on any atom is -0.458 e. The van der Waals surface area contributed by atoms with E-state index in [2.05, 4.69) is 0 Å². The summed E-state index contributed by atoms with van der Waals surface area (Å²) in [4.78, 5) is 11.6. The Morgan fingerprint density at radius 2 is 2.31 bits per heavy atom. The van der Waals surface area contributed by atoms with Crippen LogP contribution in [0.4, 0.5) is 0 Å². The predicted molar refractivity (Wildman–Crippen MR) is 49.7 cm³/mol. The maximum atomic E-state index is 11.6. The standard InChI is InChI=1S/C11H14O2/c1-8-5-6-11(13-8)10(12)7-9-3-2-4-9/h5-6,9H,2-4,7H2,1H3. The van der Waals surface area contributed by atoms with Gasteiger partial charge in [0.1, 0.15) is 5.76 Å². The van der Waals surface area contributed by atoms with Crippen LogP contribution in [0.15, 0.2) is 16.5 Å². The highest BCUT2D eigenvalue weighted by Crippen LogP contribution is 2.30. The van der Waals surface area contributed by atoms with Crippen LogP contribution in [-0.2, 0) is 0 Å². The normalized spacial score (nSPS) is 17.0. The van der Waals surface area contributed by atoms with Crippen molar-refractivity contribution in [3.8, 4) is 0 Å². The summed E-state index contributed by atoms with van der Waals surface area (Å²) in [5.74, 6) is 2.14. The van der Waals surface area contributed by atoms with E-state index in [0.717, 1.165) is 5.76 Å². The second kappa shape index (κ2) is 3.36. The van der Waals surface area contributed by atoms with Crippen LogP contribution in [-0.4, -0.2) is 5.78 Å². The number of carbonyl (C=O) groups excluding carboxylic acids is 1. The molecule has 2 nitrogen and oxygen atoms in total. The molecule has 0 N–H and O–H groups in total. The molecule has 1 fully saturated rings. The molecule has 0 unspecified atom stereocenters. The molecule has 1 aromatic rings. The molecular formula is C11H14O2. The van der Waals surface area contributed by atoms with Crippen molar-refractivity contribution in [2.45, 2.75) is 32.6 Å². The van der Waals surface area contributed by atoms with Crippen LogP contribution in [0.25, 0.3) is 0 Å². The number of rotatable bonds is 3. The van der Waals surface area contributed by atoms with Crippen LogP contribution in [0.3, 0.4) is 0 Å². The van der Waals surface area contributed by atoms with Crippen molar-refractivity contribution in [1.82, 2.24) is 0 Å². The summed E-state index contributed by atoms with van der Waals surface area (Å²) in [7, 11) is 0. The molecule has 1 heterocycles. The third kappa shape index (κ3) is 1.82. The Bertz CT molecular complexity index is 308. The van der Waals surface area contributed by atoms with Gasteiger partial charge >= 0.3 is 0 Å². The molecule has 0 atom stereocenters. The average molecular weight is 178 g/mol. The summed E-state index contributed by atoms with van der Waals surface area (Å²) < 4.78 is 5.27. The highest BCUT2D eigenvalue weighted by atomic mass is 16.3. The minimum atomic E-state index is 0.165. The van der Waals surface area contributed by atoms with Crippen molar-refractivity contribution in [1.29, 1.82) is 0 Å². The SMILES string of the molecule is Cc1ccc(C(=O)CC2CCC2)o1. The number of hydrogen-bond acceptors (Lipinski definition) is 2. The second-order valence-corrected chi connectivity index (χ2v) is 3.83. The van der Waals surface area contributed by atoms with Crippen molar-refractivity contribution in [3.63, 3.8) is 0 Å². The van der Waals surface area contributed by atoms with E-state index in [-0.39, 0.29) is 5.78 Å². The Labute approximate surface area is 77.9 Å². The predicted octanol–water partition coefficient (Wildman–Crippen LogP) is 2.96. The Morgan fingerprint density at radius 3 is 2.77 bits per heavy atom. The van der Waals surface area contributed by atoms with Gasteiger partial charge in [0.05, 0.1) is 0 Å². The number of carbonyl (C=O) groups is 1. The van der Waals surface area contributed by atoms with Gasteiger partial charge in [-0.25, -0.2) is 0 Å². The molecule has 0 aromatic carbocycles. The third-order valence-electron chi connectivity index (χ3n) is 2.71. The van der Waals surface area contributed by atoms with Gasteiger partial charge in [0, 0.05) is 6.42 Å². The first-order valence-electron chi connectivity index (χ1n) is 4.85. The van der Waals surface area contributed by atoms with Gasteiger partial charge in [-0.15, -0.1) is 0 Å². The molecule has 0 amide bonds. The molecule has 0 bridgehead atoms. The van der Waals surface area contributed by atoms with E-state index in [1.54, 1.807) is 6.07 Å². The summed E-state index contributed by atoms with van der Waals surface area (Å²) in [6.45, 7) is 1.86. The molecule has 2 rings (SSSR count). The van der Waals surface area contributed by atoms with Crippen molar-refractivity contribution >= 4 is 5.78 Å². The Balaban J connectivity index is 1.96. The van der Waals surface area contributed by atoms with Crippen LogP contribution in [0.1, 0.15) is 42.0 Å². The Kier molecular flexibility index (Phi) is 2.21. The van der Waals surface area contributed by atoms with Crippen LogP contribution in [0, 0.1) is 12.8 Å². The van der Waals surface area contributed by atoms with Gasteiger partial charge in [-0.1, -0.05) is 6.42 Å². The van der Waals surface area contributed by atoms with Crippen molar-refractivity contribution in [2.75, 3.05) is 0 Å². The van der Waals surface area contributed by atoms with E-state index in [4.69, 9.17) is 4.42 Å². The quantitative estimate of drug-likeness (QED) is 0.666. The number of hydrogen-bond donors (Lipinski definition) is 0. The van der Waals surface area contributed by atoms with E-state index < -0.39 is 0 Å².